The lowest BCUT2D eigenvalue weighted by Gasteiger charge is -2.17. The number of hydrogen-bond acceptors (Lipinski definition) is 4. The molecule has 0 spiro atoms. The van der Waals surface area contributed by atoms with Gasteiger partial charge < -0.3 is 5.11 Å². The number of carbonyl (C=O) groups is 1. The summed E-state index contributed by atoms with van der Waals surface area (Å²) in [5, 5.41) is 8.59. The van der Waals surface area contributed by atoms with Gasteiger partial charge in [-0.05, 0) is 52.9 Å². The Bertz CT molecular complexity index is 735. The van der Waals surface area contributed by atoms with Crippen molar-refractivity contribution in [2.45, 2.75) is 6.17 Å². The summed E-state index contributed by atoms with van der Waals surface area (Å²) in [5.74, 6) is -2.76. The number of carbonyl (C=O) groups excluding carboxylic acids is 1. The number of aliphatic hydroxyl groups is 1. The first-order chi connectivity index (χ1) is 11.4. The van der Waals surface area contributed by atoms with Crippen LogP contribution in [-0.2, 0) is 9.63 Å². The smallest absolute Gasteiger partial charge is 0.276 e. The SMILES string of the molecule is O=C(NOCCO)C1=CC=C(F)C(F)C1=Nc1ccc(I)cc1F. The summed E-state index contributed by atoms with van der Waals surface area (Å²) in [6.07, 6.45) is -0.492. The molecule has 9 heteroatoms. The fraction of sp³-hybridized carbons (Fsp3) is 0.200. The van der Waals surface area contributed by atoms with Gasteiger partial charge in [0.05, 0.1) is 30.2 Å². The standard InChI is InChI=1S/C15H12F3IN2O3/c16-10-3-2-9(15(23)21-24-6-5-22)14(13(10)18)20-12-4-1-8(19)7-11(12)17/h1-4,7,13,22H,5-6H2,(H,21,23). The van der Waals surface area contributed by atoms with Crippen LogP contribution in [0.4, 0.5) is 18.9 Å². The molecule has 1 atom stereocenters. The Balaban J connectivity index is 2.36. The van der Waals surface area contributed by atoms with E-state index in [0.29, 0.717) is 3.57 Å². The maximum atomic E-state index is 14.1. The summed E-state index contributed by atoms with van der Waals surface area (Å²) in [7, 11) is 0. The molecule has 0 bridgehead atoms. The molecule has 0 fully saturated rings. The zero-order chi connectivity index (χ0) is 17.7. The number of allylic oxidation sites excluding steroid dienone is 3. The molecule has 2 rings (SSSR count). The predicted octanol–water partition coefficient (Wildman–Crippen LogP) is 2.67. The van der Waals surface area contributed by atoms with Crippen molar-refractivity contribution in [1.82, 2.24) is 5.48 Å². The van der Waals surface area contributed by atoms with E-state index in [1.165, 1.54) is 12.1 Å². The molecule has 24 heavy (non-hydrogen) atoms. The Labute approximate surface area is 149 Å². The Hall–Kier alpha value is -1.72. The van der Waals surface area contributed by atoms with E-state index in [1.807, 2.05) is 28.1 Å². The number of hydrogen-bond donors (Lipinski definition) is 2. The summed E-state index contributed by atoms with van der Waals surface area (Å²) in [5.41, 5.74) is 0.867. The van der Waals surface area contributed by atoms with Gasteiger partial charge in [-0.25, -0.2) is 23.6 Å². The molecular formula is C15H12F3IN2O3. The fourth-order valence-corrected chi connectivity index (χ4v) is 2.28. The van der Waals surface area contributed by atoms with Gasteiger partial charge >= 0.3 is 0 Å². The highest BCUT2D eigenvalue weighted by Crippen LogP contribution is 2.27. The van der Waals surface area contributed by atoms with Crippen LogP contribution in [0.1, 0.15) is 0 Å². The number of hydroxylamine groups is 1. The number of alkyl halides is 1. The van der Waals surface area contributed by atoms with Gasteiger partial charge in [-0.2, -0.15) is 0 Å². The minimum atomic E-state index is -2.30. The molecule has 1 aromatic carbocycles. The largest absolute Gasteiger partial charge is 0.394 e. The van der Waals surface area contributed by atoms with Gasteiger partial charge in [0.15, 0.2) is 6.17 Å². The van der Waals surface area contributed by atoms with Gasteiger partial charge in [-0.3, -0.25) is 9.63 Å². The van der Waals surface area contributed by atoms with Crippen LogP contribution >= 0.6 is 22.6 Å². The lowest BCUT2D eigenvalue weighted by atomic mass is 9.99. The number of nitrogens with zero attached hydrogens (tertiary/aromatic N) is 1. The highest BCUT2D eigenvalue weighted by atomic mass is 127. The lowest BCUT2D eigenvalue weighted by molar-refractivity contribution is -0.129. The van der Waals surface area contributed by atoms with Crippen LogP contribution in [0.2, 0.25) is 0 Å². The zero-order valence-electron chi connectivity index (χ0n) is 12.1. The van der Waals surface area contributed by atoms with Gasteiger partial charge in [-0.15, -0.1) is 0 Å². The first-order valence-electron chi connectivity index (χ1n) is 6.72. The molecule has 0 heterocycles. The molecule has 1 aliphatic carbocycles. The van der Waals surface area contributed by atoms with Crippen LogP contribution in [-0.4, -0.2) is 36.1 Å². The average molecular weight is 452 g/mol. The first kappa shape index (κ1) is 18.6. The molecule has 0 saturated heterocycles. The normalized spacial score (nSPS) is 19.0. The molecule has 0 saturated carbocycles. The molecule has 2 N–H and O–H groups in total. The summed E-state index contributed by atoms with van der Waals surface area (Å²) < 4.78 is 42.1. The van der Waals surface area contributed by atoms with Crippen LogP contribution < -0.4 is 5.48 Å². The number of amides is 1. The van der Waals surface area contributed by atoms with Crippen molar-refractivity contribution in [2.75, 3.05) is 13.2 Å². The van der Waals surface area contributed by atoms with Crippen molar-refractivity contribution in [3.63, 3.8) is 0 Å². The van der Waals surface area contributed by atoms with Gasteiger partial charge in [0, 0.05) is 3.57 Å². The van der Waals surface area contributed by atoms with Crippen LogP contribution in [0.25, 0.3) is 0 Å². The molecule has 0 aliphatic heterocycles. The molecule has 0 aromatic heterocycles. The molecule has 1 aromatic rings. The van der Waals surface area contributed by atoms with E-state index in [-0.39, 0.29) is 24.5 Å². The second-order valence-corrected chi connectivity index (χ2v) is 5.84. The predicted molar refractivity (Wildman–Crippen MR) is 89.6 cm³/mol. The number of halogens is 4. The van der Waals surface area contributed by atoms with Crippen molar-refractivity contribution in [3.05, 3.63) is 51.1 Å². The van der Waals surface area contributed by atoms with Crippen LogP contribution in [0.3, 0.4) is 0 Å². The average Bonchev–Trinajstić information content (AvgIpc) is 2.54. The third kappa shape index (κ3) is 4.42. The van der Waals surface area contributed by atoms with Crippen molar-refractivity contribution < 1.29 is 27.9 Å². The third-order valence-corrected chi connectivity index (χ3v) is 3.59. The van der Waals surface area contributed by atoms with E-state index in [2.05, 4.69) is 9.83 Å². The molecule has 0 radical (unpaired) electrons. The van der Waals surface area contributed by atoms with Gasteiger partial charge in [0.25, 0.3) is 5.91 Å². The Morgan fingerprint density at radius 3 is 2.79 bits per heavy atom. The lowest BCUT2D eigenvalue weighted by Crippen LogP contribution is -2.34. The van der Waals surface area contributed by atoms with E-state index < -0.39 is 29.4 Å². The van der Waals surface area contributed by atoms with E-state index in [0.717, 1.165) is 12.2 Å². The second kappa shape index (κ2) is 8.40. The monoisotopic (exact) mass is 452 g/mol. The molecule has 128 valence electrons. The maximum Gasteiger partial charge on any atom is 0.276 e. The minimum Gasteiger partial charge on any atom is -0.394 e. The van der Waals surface area contributed by atoms with Gasteiger partial charge in [0.1, 0.15) is 11.6 Å². The van der Waals surface area contributed by atoms with Gasteiger partial charge in [0.2, 0.25) is 0 Å². The molecular weight excluding hydrogens is 440 g/mol. The number of aliphatic hydroxyl groups excluding tert-OH is 1. The minimum absolute atomic E-state index is 0.180. The van der Waals surface area contributed by atoms with E-state index in [4.69, 9.17) is 5.11 Å². The van der Waals surface area contributed by atoms with E-state index in [1.54, 1.807) is 6.07 Å². The van der Waals surface area contributed by atoms with Crippen molar-refractivity contribution in [1.29, 1.82) is 0 Å². The summed E-state index contributed by atoms with van der Waals surface area (Å²) in [6.45, 7) is -0.519. The highest BCUT2D eigenvalue weighted by molar-refractivity contribution is 14.1. The van der Waals surface area contributed by atoms with Crippen LogP contribution in [0.15, 0.2) is 46.7 Å². The number of nitrogens with one attached hydrogen (secondary N) is 1. The Morgan fingerprint density at radius 1 is 1.38 bits per heavy atom. The molecule has 1 unspecified atom stereocenters. The van der Waals surface area contributed by atoms with Crippen LogP contribution in [0.5, 0.6) is 0 Å². The van der Waals surface area contributed by atoms with Crippen LogP contribution in [0, 0.1) is 9.39 Å². The number of rotatable bonds is 5. The Kier molecular flexibility index (Phi) is 6.52. The van der Waals surface area contributed by atoms with Crippen molar-refractivity contribution in [2.24, 2.45) is 4.99 Å². The zero-order valence-corrected chi connectivity index (χ0v) is 14.3. The third-order valence-electron chi connectivity index (χ3n) is 2.92. The second-order valence-electron chi connectivity index (χ2n) is 4.59. The molecule has 1 aliphatic rings. The fourth-order valence-electron chi connectivity index (χ4n) is 1.83. The maximum absolute atomic E-state index is 14.1. The molecule has 1 amide bonds. The van der Waals surface area contributed by atoms with Gasteiger partial charge in [-0.1, -0.05) is 0 Å². The number of aliphatic imine (C=N–C) groups is 1. The van der Waals surface area contributed by atoms with Crippen molar-refractivity contribution in [3.8, 4) is 0 Å². The summed E-state index contributed by atoms with van der Waals surface area (Å²) in [4.78, 5) is 20.4. The highest BCUT2D eigenvalue weighted by Gasteiger charge is 2.31. The topological polar surface area (TPSA) is 70.9 Å². The Morgan fingerprint density at radius 2 is 2.12 bits per heavy atom. The molecule has 5 nitrogen and oxygen atoms in total. The first-order valence-corrected chi connectivity index (χ1v) is 7.80. The van der Waals surface area contributed by atoms with Crippen molar-refractivity contribution >= 4 is 39.9 Å². The number of benzene rings is 1. The quantitative estimate of drug-likeness (QED) is 0.410. The van der Waals surface area contributed by atoms with E-state index in [9.17, 15) is 18.0 Å². The summed E-state index contributed by atoms with van der Waals surface area (Å²) >= 11 is 1.89. The summed E-state index contributed by atoms with van der Waals surface area (Å²) in [6, 6.07) is 4.01. The van der Waals surface area contributed by atoms with E-state index >= 15 is 0 Å².